The van der Waals surface area contributed by atoms with Crippen LogP contribution in [-0.4, -0.2) is 42.1 Å². The van der Waals surface area contributed by atoms with Crippen LogP contribution in [0.15, 0.2) is 54.6 Å². The molecule has 1 aliphatic rings. The minimum Gasteiger partial charge on any atom is -0.462 e. The lowest BCUT2D eigenvalue weighted by molar-refractivity contribution is -0.124. The average Bonchev–Trinajstić information content (AvgIpc) is 3.51. The van der Waals surface area contributed by atoms with Gasteiger partial charge in [-0.3, -0.25) is 14.9 Å². The lowest BCUT2D eigenvalue weighted by atomic mass is 10.1. The smallest absolute Gasteiger partial charge is 0.350 e. The van der Waals surface area contributed by atoms with Crippen molar-refractivity contribution in [3.05, 3.63) is 65.0 Å². The van der Waals surface area contributed by atoms with Crippen LogP contribution >= 0.6 is 11.3 Å². The first-order chi connectivity index (χ1) is 16.0. The molecule has 170 valence electrons. The molecule has 8 nitrogen and oxygen atoms in total. The fourth-order valence-electron chi connectivity index (χ4n) is 3.41. The van der Waals surface area contributed by atoms with Gasteiger partial charge >= 0.3 is 5.97 Å². The van der Waals surface area contributed by atoms with Gasteiger partial charge in [0.1, 0.15) is 11.0 Å². The van der Waals surface area contributed by atoms with Crippen molar-refractivity contribution in [3.63, 3.8) is 0 Å². The van der Waals surface area contributed by atoms with Crippen LogP contribution in [0.3, 0.4) is 0 Å². The van der Waals surface area contributed by atoms with E-state index < -0.39 is 18.0 Å². The number of benzene rings is 2. The minimum absolute atomic E-state index is 0.225. The molecule has 1 unspecified atom stereocenters. The maximum atomic E-state index is 12.9. The third kappa shape index (κ3) is 5.44. The van der Waals surface area contributed by atoms with Crippen LogP contribution in [0.25, 0.3) is 11.3 Å². The van der Waals surface area contributed by atoms with Crippen molar-refractivity contribution < 1.29 is 23.9 Å². The molecule has 4 rings (SSSR count). The summed E-state index contributed by atoms with van der Waals surface area (Å²) in [6.45, 7) is 2.54. The summed E-state index contributed by atoms with van der Waals surface area (Å²) in [6, 6.07) is 15.8. The van der Waals surface area contributed by atoms with E-state index in [4.69, 9.17) is 9.47 Å². The van der Waals surface area contributed by atoms with Gasteiger partial charge in [-0.1, -0.05) is 47.7 Å². The number of carbonyl (C=O) groups is 3. The lowest BCUT2D eigenvalue weighted by Crippen LogP contribution is -2.27. The highest BCUT2D eigenvalue weighted by atomic mass is 32.1. The van der Waals surface area contributed by atoms with Crippen molar-refractivity contribution in [3.8, 4) is 11.3 Å². The number of aromatic nitrogens is 1. The van der Waals surface area contributed by atoms with E-state index in [2.05, 4.69) is 15.6 Å². The summed E-state index contributed by atoms with van der Waals surface area (Å²) in [5, 5.41) is 5.81. The molecular weight excluding hydrogens is 442 g/mol. The number of rotatable bonds is 7. The largest absolute Gasteiger partial charge is 0.462 e. The van der Waals surface area contributed by atoms with E-state index >= 15 is 0 Å². The zero-order chi connectivity index (χ0) is 23.2. The maximum absolute atomic E-state index is 12.9. The number of nitrogens with one attached hydrogen (secondary N) is 2. The molecule has 3 aromatic rings. The molecule has 1 aliphatic heterocycles. The summed E-state index contributed by atoms with van der Waals surface area (Å²) in [5.41, 5.74) is 2.04. The van der Waals surface area contributed by atoms with Crippen molar-refractivity contribution in [2.45, 2.75) is 25.9 Å². The number of hydrogen-bond acceptors (Lipinski definition) is 7. The van der Waals surface area contributed by atoms with E-state index in [1.54, 1.807) is 31.2 Å². The second-order valence-corrected chi connectivity index (χ2v) is 8.31. The van der Waals surface area contributed by atoms with E-state index in [0.717, 1.165) is 23.3 Å². The minimum atomic E-state index is -0.492. The number of hydrogen-bond donors (Lipinski definition) is 2. The number of amides is 2. The average molecular weight is 466 g/mol. The number of nitrogens with zero attached hydrogens (tertiary/aromatic N) is 1. The van der Waals surface area contributed by atoms with Gasteiger partial charge in [0, 0.05) is 23.4 Å². The first-order valence-electron chi connectivity index (χ1n) is 10.6. The summed E-state index contributed by atoms with van der Waals surface area (Å²) in [6.07, 6.45) is 1.07. The molecule has 1 atom stereocenters. The molecule has 2 amide bonds. The number of anilines is 2. The van der Waals surface area contributed by atoms with Gasteiger partial charge in [-0.2, -0.15) is 0 Å². The SMILES string of the molecule is CCOC(=O)c1sc(NC(=O)c2cccc(NC(=O)C3CCCO3)c2)nc1-c1ccccc1. The normalized spacial score (nSPS) is 15.1. The van der Waals surface area contributed by atoms with Gasteiger partial charge in [-0.25, -0.2) is 9.78 Å². The maximum Gasteiger partial charge on any atom is 0.350 e. The van der Waals surface area contributed by atoms with E-state index in [0.29, 0.717) is 34.8 Å². The lowest BCUT2D eigenvalue weighted by Gasteiger charge is -2.11. The van der Waals surface area contributed by atoms with Gasteiger partial charge in [0.05, 0.1) is 12.3 Å². The van der Waals surface area contributed by atoms with Crippen LogP contribution in [0, 0.1) is 0 Å². The Hall–Kier alpha value is -3.56. The summed E-state index contributed by atoms with van der Waals surface area (Å²) >= 11 is 1.05. The van der Waals surface area contributed by atoms with Crippen LogP contribution in [0.2, 0.25) is 0 Å². The Balaban J connectivity index is 1.52. The molecular formula is C24H23N3O5S. The summed E-state index contributed by atoms with van der Waals surface area (Å²) in [7, 11) is 0. The molecule has 0 bridgehead atoms. The van der Waals surface area contributed by atoms with Crippen LogP contribution in [0.1, 0.15) is 39.8 Å². The molecule has 33 heavy (non-hydrogen) atoms. The highest BCUT2D eigenvalue weighted by molar-refractivity contribution is 7.18. The van der Waals surface area contributed by atoms with E-state index in [1.165, 1.54) is 0 Å². The molecule has 9 heteroatoms. The predicted octanol–water partition coefficient (Wildman–Crippen LogP) is 4.36. The van der Waals surface area contributed by atoms with Crippen molar-refractivity contribution >= 4 is 39.9 Å². The Morgan fingerprint density at radius 2 is 1.94 bits per heavy atom. The highest BCUT2D eigenvalue weighted by Gasteiger charge is 2.24. The Morgan fingerprint density at radius 3 is 2.67 bits per heavy atom. The third-order valence-corrected chi connectivity index (χ3v) is 5.92. The van der Waals surface area contributed by atoms with Gasteiger partial charge in [-0.15, -0.1) is 0 Å². The van der Waals surface area contributed by atoms with Gasteiger partial charge < -0.3 is 14.8 Å². The van der Waals surface area contributed by atoms with Gasteiger partial charge in [0.2, 0.25) is 0 Å². The molecule has 2 N–H and O–H groups in total. The Bertz CT molecular complexity index is 1160. The number of ether oxygens (including phenoxy) is 2. The van der Waals surface area contributed by atoms with Crippen molar-refractivity contribution in [1.29, 1.82) is 0 Å². The summed E-state index contributed by atoms with van der Waals surface area (Å²) in [4.78, 5) is 42.4. The van der Waals surface area contributed by atoms with Crippen molar-refractivity contribution in [1.82, 2.24) is 4.98 Å². The van der Waals surface area contributed by atoms with E-state index in [-0.39, 0.29) is 17.6 Å². The molecule has 0 saturated carbocycles. The molecule has 0 radical (unpaired) electrons. The monoisotopic (exact) mass is 465 g/mol. The molecule has 0 spiro atoms. The quantitative estimate of drug-likeness (QED) is 0.502. The first kappa shape index (κ1) is 22.6. The summed E-state index contributed by atoms with van der Waals surface area (Å²) < 4.78 is 10.6. The Morgan fingerprint density at radius 1 is 1.12 bits per heavy atom. The molecule has 0 aliphatic carbocycles. The fourth-order valence-corrected chi connectivity index (χ4v) is 4.29. The molecule has 1 saturated heterocycles. The van der Waals surface area contributed by atoms with Crippen LogP contribution in [-0.2, 0) is 14.3 Å². The number of esters is 1. The number of carbonyl (C=O) groups excluding carboxylic acids is 3. The standard InChI is InChI=1S/C24H23N3O5S/c1-2-31-23(30)20-19(15-8-4-3-5-9-15)26-24(33-20)27-21(28)16-10-6-11-17(14-16)25-22(29)18-12-7-13-32-18/h3-6,8-11,14,18H,2,7,12-13H2,1H3,(H,25,29)(H,26,27,28). The van der Waals surface area contributed by atoms with Crippen LogP contribution in [0.4, 0.5) is 10.8 Å². The van der Waals surface area contributed by atoms with Crippen molar-refractivity contribution in [2.75, 3.05) is 23.8 Å². The van der Waals surface area contributed by atoms with Gasteiger partial charge in [0.25, 0.3) is 11.8 Å². The molecule has 1 fully saturated rings. The zero-order valence-corrected chi connectivity index (χ0v) is 18.8. The predicted molar refractivity (Wildman–Crippen MR) is 126 cm³/mol. The third-order valence-electron chi connectivity index (χ3n) is 4.97. The second kappa shape index (κ2) is 10.4. The Kier molecular flexibility index (Phi) is 7.11. The highest BCUT2D eigenvalue weighted by Crippen LogP contribution is 2.32. The summed E-state index contributed by atoms with van der Waals surface area (Å²) in [5.74, 6) is -1.13. The first-order valence-corrected chi connectivity index (χ1v) is 11.4. The van der Waals surface area contributed by atoms with Crippen molar-refractivity contribution in [2.24, 2.45) is 0 Å². The molecule has 2 aromatic carbocycles. The van der Waals surface area contributed by atoms with E-state index in [1.807, 2.05) is 30.3 Å². The van der Waals surface area contributed by atoms with Gasteiger partial charge in [0.15, 0.2) is 5.13 Å². The van der Waals surface area contributed by atoms with Gasteiger partial charge in [-0.05, 0) is 38.0 Å². The van der Waals surface area contributed by atoms with Crippen LogP contribution in [0.5, 0.6) is 0 Å². The second-order valence-electron chi connectivity index (χ2n) is 7.31. The topological polar surface area (TPSA) is 107 Å². The molecule has 2 heterocycles. The Labute approximate surface area is 194 Å². The number of thiazole rings is 1. The van der Waals surface area contributed by atoms with Crippen LogP contribution < -0.4 is 10.6 Å². The zero-order valence-electron chi connectivity index (χ0n) is 18.0. The fraction of sp³-hybridized carbons (Fsp3) is 0.250. The molecule has 1 aromatic heterocycles. The van der Waals surface area contributed by atoms with E-state index in [9.17, 15) is 14.4 Å².